The number of anilines is 1. The molecule has 8 nitrogen and oxygen atoms in total. The highest BCUT2D eigenvalue weighted by Gasteiger charge is 2.35. The van der Waals surface area contributed by atoms with Gasteiger partial charge in [-0.05, 0) is 38.5 Å². The van der Waals surface area contributed by atoms with Crippen molar-refractivity contribution in [2.24, 2.45) is 5.92 Å². The lowest BCUT2D eigenvalue weighted by atomic mass is 10.0. The minimum atomic E-state index is -0.0931. The van der Waals surface area contributed by atoms with E-state index in [9.17, 15) is 9.59 Å². The third-order valence-corrected chi connectivity index (χ3v) is 6.47. The van der Waals surface area contributed by atoms with Crippen LogP contribution in [0.25, 0.3) is 0 Å². The number of aromatic nitrogens is 3. The molecule has 1 aliphatic carbocycles. The molecule has 1 saturated carbocycles. The molecule has 5 rings (SSSR count). The van der Waals surface area contributed by atoms with Crippen LogP contribution in [-0.2, 0) is 11.2 Å². The summed E-state index contributed by atoms with van der Waals surface area (Å²) in [5, 5.41) is 4.00. The quantitative estimate of drug-likeness (QED) is 0.733. The van der Waals surface area contributed by atoms with Crippen molar-refractivity contribution in [3.63, 3.8) is 0 Å². The van der Waals surface area contributed by atoms with Crippen molar-refractivity contribution in [2.75, 3.05) is 24.5 Å². The molecule has 0 aromatic carbocycles. The van der Waals surface area contributed by atoms with E-state index in [1.807, 2.05) is 16.7 Å². The molecule has 1 unspecified atom stereocenters. The van der Waals surface area contributed by atoms with Gasteiger partial charge in [0.15, 0.2) is 5.69 Å². The molecule has 2 aromatic heterocycles. The van der Waals surface area contributed by atoms with Gasteiger partial charge in [0.1, 0.15) is 17.4 Å². The third-order valence-electron chi connectivity index (χ3n) is 6.47. The summed E-state index contributed by atoms with van der Waals surface area (Å²) in [5.74, 6) is 3.20. The summed E-state index contributed by atoms with van der Waals surface area (Å²) in [6.07, 6.45) is 4.23. The Labute approximate surface area is 182 Å². The molecule has 1 atom stereocenters. The lowest BCUT2D eigenvalue weighted by molar-refractivity contribution is -0.119. The molecule has 3 aliphatic rings. The number of carbonyl (C=O) groups excluding carboxylic acids is 2. The van der Waals surface area contributed by atoms with Gasteiger partial charge in [0.2, 0.25) is 5.91 Å². The van der Waals surface area contributed by atoms with E-state index in [2.05, 4.69) is 19.0 Å². The molecule has 0 spiro atoms. The average molecular weight is 424 g/mol. The standard InChI is InChI=1S/C23H29N5O3/c1-13(2)11-28-20(29)7-6-17-14(3)24-21(25-22(17)28)16-8-9-27(12-16)23(30)18-10-19(31-26-18)15-4-5-15/h10,13,15-16H,4-9,11-12H2,1-3H3. The number of rotatable bonds is 5. The van der Waals surface area contributed by atoms with Crippen LogP contribution in [0.1, 0.15) is 84.7 Å². The first kappa shape index (κ1) is 20.2. The van der Waals surface area contributed by atoms with Gasteiger partial charge in [-0.3, -0.25) is 14.5 Å². The van der Waals surface area contributed by atoms with Crippen LogP contribution < -0.4 is 4.90 Å². The van der Waals surface area contributed by atoms with Crippen molar-refractivity contribution in [3.05, 3.63) is 34.6 Å². The number of fused-ring (bicyclic) bond motifs is 1. The van der Waals surface area contributed by atoms with Gasteiger partial charge in [-0.2, -0.15) is 0 Å². The highest BCUT2D eigenvalue weighted by Crippen LogP contribution is 2.40. The van der Waals surface area contributed by atoms with Crippen molar-refractivity contribution < 1.29 is 14.1 Å². The Balaban J connectivity index is 1.36. The molecule has 31 heavy (non-hydrogen) atoms. The van der Waals surface area contributed by atoms with E-state index in [0.717, 1.165) is 47.9 Å². The molecular weight excluding hydrogens is 394 g/mol. The van der Waals surface area contributed by atoms with Gasteiger partial charge in [-0.25, -0.2) is 9.97 Å². The summed E-state index contributed by atoms with van der Waals surface area (Å²) in [5.41, 5.74) is 2.40. The zero-order valence-corrected chi connectivity index (χ0v) is 18.4. The Kier molecular flexibility index (Phi) is 5.02. The fraction of sp³-hybridized carbons (Fsp3) is 0.609. The number of hydrogen-bond donors (Lipinski definition) is 0. The van der Waals surface area contributed by atoms with Gasteiger partial charge in [0.25, 0.3) is 5.91 Å². The second-order valence-electron chi connectivity index (χ2n) is 9.49. The van der Waals surface area contributed by atoms with Gasteiger partial charge >= 0.3 is 0 Å². The van der Waals surface area contributed by atoms with Gasteiger partial charge in [0.05, 0.1) is 0 Å². The number of nitrogens with zero attached hydrogens (tertiary/aromatic N) is 5. The lowest BCUT2D eigenvalue weighted by Gasteiger charge is -2.31. The fourth-order valence-corrected chi connectivity index (χ4v) is 4.61. The first-order valence-electron chi connectivity index (χ1n) is 11.3. The predicted molar refractivity (Wildman–Crippen MR) is 114 cm³/mol. The first-order chi connectivity index (χ1) is 14.9. The van der Waals surface area contributed by atoms with Crippen LogP contribution in [0.3, 0.4) is 0 Å². The predicted octanol–water partition coefficient (Wildman–Crippen LogP) is 3.22. The Hall–Kier alpha value is -2.77. The SMILES string of the molecule is Cc1nc(C2CCN(C(=O)c3cc(C4CC4)on3)C2)nc2c1CCC(=O)N2CC(C)C. The smallest absolute Gasteiger partial charge is 0.276 e. The van der Waals surface area contributed by atoms with Crippen molar-refractivity contribution >= 4 is 17.6 Å². The highest BCUT2D eigenvalue weighted by atomic mass is 16.5. The maximum absolute atomic E-state index is 12.9. The zero-order valence-electron chi connectivity index (χ0n) is 18.4. The van der Waals surface area contributed by atoms with Crippen molar-refractivity contribution in [1.82, 2.24) is 20.0 Å². The molecule has 4 heterocycles. The normalized spacial score (nSPS) is 21.2. The van der Waals surface area contributed by atoms with Crippen molar-refractivity contribution in [2.45, 2.75) is 64.7 Å². The van der Waals surface area contributed by atoms with E-state index in [-0.39, 0.29) is 17.7 Å². The zero-order chi connectivity index (χ0) is 21.7. The topological polar surface area (TPSA) is 92.4 Å². The molecule has 2 aliphatic heterocycles. The largest absolute Gasteiger partial charge is 0.360 e. The van der Waals surface area contributed by atoms with E-state index in [4.69, 9.17) is 14.5 Å². The van der Waals surface area contributed by atoms with Crippen LogP contribution in [0.4, 0.5) is 5.82 Å². The number of carbonyl (C=O) groups is 2. The van der Waals surface area contributed by atoms with Crippen LogP contribution in [0, 0.1) is 12.8 Å². The van der Waals surface area contributed by atoms with Crippen LogP contribution >= 0.6 is 0 Å². The summed E-state index contributed by atoms with van der Waals surface area (Å²) >= 11 is 0. The molecular formula is C23H29N5O3. The highest BCUT2D eigenvalue weighted by molar-refractivity contribution is 5.95. The Morgan fingerprint density at radius 2 is 2.00 bits per heavy atom. The van der Waals surface area contributed by atoms with Crippen molar-refractivity contribution in [1.29, 1.82) is 0 Å². The Morgan fingerprint density at radius 1 is 1.19 bits per heavy atom. The summed E-state index contributed by atoms with van der Waals surface area (Å²) in [7, 11) is 0. The summed E-state index contributed by atoms with van der Waals surface area (Å²) in [4.78, 5) is 38.8. The summed E-state index contributed by atoms with van der Waals surface area (Å²) in [6.45, 7) is 8.07. The molecule has 0 N–H and O–H groups in total. The second kappa shape index (κ2) is 7.73. The Bertz CT molecular complexity index is 1030. The number of amides is 2. The number of hydrogen-bond acceptors (Lipinski definition) is 6. The van der Waals surface area contributed by atoms with Crippen LogP contribution in [0.15, 0.2) is 10.6 Å². The minimum Gasteiger partial charge on any atom is -0.360 e. The minimum absolute atomic E-state index is 0.0562. The van der Waals surface area contributed by atoms with Crippen LogP contribution in [-0.4, -0.2) is 51.5 Å². The monoisotopic (exact) mass is 423 g/mol. The van der Waals surface area contributed by atoms with E-state index in [1.165, 1.54) is 0 Å². The van der Waals surface area contributed by atoms with Crippen molar-refractivity contribution in [3.8, 4) is 0 Å². The first-order valence-corrected chi connectivity index (χ1v) is 11.3. The summed E-state index contributed by atoms with van der Waals surface area (Å²) < 4.78 is 5.35. The third kappa shape index (κ3) is 3.83. The fourth-order valence-electron chi connectivity index (χ4n) is 4.61. The molecule has 1 saturated heterocycles. The maximum Gasteiger partial charge on any atom is 0.276 e. The average Bonchev–Trinajstić information content (AvgIpc) is 3.26. The van der Waals surface area contributed by atoms with E-state index < -0.39 is 0 Å². The number of likely N-dealkylation sites (tertiary alicyclic amines) is 1. The van der Waals surface area contributed by atoms with Gasteiger partial charge in [-0.1, -0.05) is 19.0 Å². The molecule has 2 aromatic rings. The summed E-state index contributed by atoms with van der Waals surface area (Å²) in [6, 6.07) is 1.79. The molecule has 0 bridgehead atoms. The van der Waals surface area contributed by atoms with Gasteiger partial charge < -0.3 is 9.42 Å². The molecule has 0 radical (unpaired) electrons. The second-order valence-corrected chi connectivity index (χ2v) is 9.49. The maximum atomic E-state index is 12.9. The van der Waals surface area contributed by atoms with E-state index in [0.29, 0.717) is 50.0 Å². The van der Waals surface area contributed by atoms with Gasteiger partial charge in [-0.15, -0.1) is 0 Å². The number of aryl methyl sites for hydroxylation is 1. The van der Waals surface area contributed by atoms with Gasteiger partial charge in [0, 0.05) is 55.2 Å². The molecule has 8 heteroatoms. The Morgan fingerprint density at radius 3 is 2.74 bits per heavy atom. The molecule has 164 valence electrons. The molecule has 2 fully saturated rings. The lowest BCUT2D eigenvalue weighted by Crippen LogP contribution is -2.39. The van der Waals surface area contributed by atoms with Crippen LogP contribution in [0.5, 0.6) is 0 Å². The van der Waals surface area contributed by atoms with E-state index in [1.54, 1.807) is 6.07 Å². The molecule has 2 amide bonds. The van der Waals surface area contributed by atoms with Crippen LogP contribution in [0.2, 0.25) is 0 Å². The van der Waals surface area contributed by atoms with E-state index >= 15 is 0 Å².